The van der Waals surface area contributed by atoms with Crippen LogP contribution >= 0.6 is 11.6 Å². The monoisotopic (exact) mass is 393 g/mol. The van der Waals surface area contributed by atoms with Crippen LogP contribution in [0.2, 0.25) is 5.02 Å². The average molecular weight is 394 g/mol. The number of aryl methyl sites for hydroxylation is 1. The SMILES string of the molecule is Cc1cc(Oc2ncnc(NCCN3CCOCC3)c2[N+](=O)[O-])ccc1Cl. The standard InChI is InChI=1S/C17H20ClN5O4/c1-12-10-13(2-3-14(12)18)27-17-15(23(24)25)16(20-11-21-17)19-4-5-22-6-8-26-9-7-22/h2-3,10-11H,4-9H2,1H3,(H,19,20,21). The Morgan fingerprint density at radius 1 is 1.37 bits per heavy atom. The van der Waals surface area contributed by atoms with Gasteiger partial charge in [-0.3, -0.25) is 15.0 Å². The normalized spacial score (nSPS) is 14.7. The number of morpholine rings is 1. The predicted octanol–water partition coefficient (Wildman–Crippen LogP) is 2.88. The molecule has 0 spiro atoms. The van der Waals surface area contributed by atoms with Crippen LogP contribution < -0.4 is 10.1 Å². The van der Waals surface area contributed by atoms with Gasteiger partial charge < -0.3 is 14.8 Å². The van der Waals surface area contributed by atoms with E-state index in [0.29, 0.717) is 30.5 Å². The number of aromatic nitrogens is 2. The van der Waals surface area contributed by atoms with Gasteiger partial charge in [0.25, 0.3) is 0 Å². The van der Waals surface area contributed by atoms with E-state index in [0.717, 1.165) is 25.2 Å². The average Bonchev–Trinajstić information content (AvgIpc) is 2.65. The third-order valence-corrected chi connectivity index (χ3v) is 4.56. The van der Waals surface area contributed by atoms with E-state index in [1.54, 1.807) is 18.2 Å². The Morgan fingerprint density at radius 2 is 2.15 bits per heavy atom. The highest BCUT2D eigenvalue weighted by atomic mass is 35.5. The topological polar surface area (TPSA) is 103 Å². The maximum absolute atomic E-state index is 11.6. The van der Waals surface area contributed by atoms with Gasteiger partial charge in [-0.05, 0) is 30.7 Å². The summed E-state index contributed by atoms with van der Waals surface area (Å²) in [4.78, 5) is 21.2. The molecular formula is C17H20ClN5O4. The number of nitrogens with one attached hydrogen (secondary N) is 1. The first kappa shape index (κ1) is 19.3. The lowest BCUT2D eigenvalue weighted by Gasteiger charge is -2.26. The Labute approximate surface area is 161 Å². The van der Waals surface area contributed by atoms with Gasteiger partial charge in [0.05, 0.1) is 18.1 Å². The van der Waals surface area contributed by atoms with Gasteiger partial charge in [-0.15, -0.1) is 0 Å². The second-order valence-corrected chi connectivity index (χ2v) is 6.43. The second kappa shape index (κ2) is 8.94. The molecule has 0 radical (unpaired) electrons. The molecule has 2 heterocycles. The van der Waals surface area contributed by atoms with Gasteiger partial charge in [-0.25, -0.2) is 4.98 Å². The van der Waals surface area contributed by atoms with Crippen LogP contribution in [-0.2, 0) is 4.74 Å². The van der Waals surface area contributed by atoms with Crippen molar-refractivity contribution in [2.45, 2.75) is 6.92 Å². The summed E-state index contributed by atoms with van der Waals surface area (Å²) in [5, 5.41) is 15.2. The van der Waals surface area contributed by atoms with E-state index in [-0.39, 0.29) is 17.4 Å². The van der Waals surface area contributed by atoms with Crippen LogP contribution in [0.1, 0.15) is 5.56 Å². The third-order valence-electron chi connectivity index (χ3n) is 4.14. The highest BCUT2D eigenvalue weighted by Crippen LogP contribution is 2.34. The highest BCUT2D eigenvalue weighted by molar-refractivity contribution is 6.31. The summed E-state index contributed by atoms with van der Waals surface area (Å²) in [7, 11) is 0. The van der Waals surface area contributed by atoms with E-state index >= 15 is 0 Å². The van der Waals surface area contributed by atoms with Crippen molar-refractivity contribution in [2.24, 2.45) is 0 Å². The summed E-state index contributed by atoms with van der Waals surface area (Å²) >= 11 is 6.00. The zero-order valence-electron chi connectivity index (χ0n) is 14.9. The second-order valence-electron chi connectivity index (χ2n) is 6.03. The summed E-state index contributed by atoms with van der Waals surface area (Å²) in [5.41, 5.74) is 0.502. The lowest BCUT2D eigenvalue weighted by molar-refractivity contribution is -0.385. The number of hydrogen-bond donors (Lipinski definition) is 1. The highest BCUT2D eigenvalue weighted by Gasteiger charge is 2.25. The van der Waals surface area contributed by atoms with Crippen molar-refractivity contribution in [3.63, 3.8) is 0 Å². The van der Waals surface area contributed by atoms with Crippen LogP contribution in [0.4, 0.5) is 11.5 Å². The van der Waals surface area contributed by atoms with Crippen LogP contribution in [-0.4, -0.2) is 59.2 Å². The maximum atomic E-state index is 11.6. The molecule has 0 bridgehead atoms. The van der Waals surface area contributed by atoms with Crippen LogP contribution in [0.5, 0.6) is 11.6 Å². The lowest BCUT2D eigenvalue weighted by atomic mass is 10.2. The predicted molar refractivity (Wildman–Crippen MR) is 101 cm³/mol. The van der Waals surface area contributed by atoms with Gasteiger partial charge in [0.2, 0.25) is 5.82 Å². The minimum Gasteiger partial charge on any atom is -0.434 e. The molecule has 27 heavy (non-hydrogen) atoms. The number of hydrogen-bond acceptors (Lipinski definition) is 8. The molecule has 9 nitrogen and oxygen atoms in total. The molecule has 0 unspecified atom stereocenters. The fourth-order valence-corrected chi connectivity index (χ4v) is 2.80. The molecule has 1 aliphatic rings. The van der Waals surface area contributed by atoms with Crippen molar-refractivity contribution in [1.29, 1.82) is 0 Å². The smallest absolute Gasteiger partial charge is 0.373 e. The molecule has 144 valence electrons. The number of halogens is 1. The Kier molecular flexibility index (Phi) is 6.38. The van der Waals surface area contributed by atoms with E-state index in [2.05, 4.69) is 20.2 Å². The third kappa shape index (κ3) is 5.03. The van der Waals surface area contributed by atoms with Gasteiger partial charge >= 0.3 is 11.6 Å². The Bertz CT molecular complexity index is 814. The molecule has 0 atom stereocenters. The summed E-state index contributed by atoms with van der Waals surface area (Å²) in [6.45, 7) is 6.16. The first-order chi connectivity index (χ1) is 13.0. The quantitative estimate of drug-likeness (QED) is 0.565. The van der Waals surface area contributed by atoms with Crippen LogP contribution in [0.3, 0.4) is 0 Å². The fraction of sp³-hybridized carbons (Fsp3) is 0.412. The van der Waals surface area contributed by atoms with Crippen LogP contribution in [0, 0.1) is 17.0 Å². The summed E-state index contributed by atoms with van der Waals surface area (Å²) in [6, 6.07) is 4.99. The Hall–Kier alpha value is -2.49. The van der Waals surface area contributed by atoms with E-state index in [4.69, 9.17) is 21.1 Å². The molecule has 1 aliphatic heterocycles. The van der Waals surface area contributed by atoms with E-state index in [9.17, 15) is 10.1 Å². The van der Waals surface area contributed by atoms with Crippen LogP contribution in [0.15, 0.2) is 24.5 Å². The zero-order valence-corrected chi connectivity index (χ0v) is 15.6. The van der Waals surface area contributed by atoms with Gasteiger partial charge in [0.15, 0.2) is 0 Å². The van der Waals surface area contributed by atoms with Crippen molar-refractivity contribution >= 4 is 23.1 Å². The molecule has 0 amide bonds. The molecular weight excluding hydrogens is 374 g/mol. The molecule has 2 aromatic rings. The number of rotatable bonds is 7. The van der Waals surface area contributed by atoms with Gasteiger partial charge in [-0.1, -0.05) is 11.6 Å². The number of nitro groups is 1. The Balaban J connectivity index is 1.73. The maximum Gasteiger partial charge on any atom is 0.373 e. The Morgan fingerprint density at radius 3 is 2.85 bits per heavy atom. The molecule has 0 aliphatic carbocycles. The van der Waals surface area contributed by atoms with Gasteiger partial charge in [0.1, 0.15) is 12.1 Å². The molecule has 1 saturated heterocycles. The van der Waals surface area contributed by atoms with E-state index in [1.165, 1.54) is 6.33 Å². The van der Waals surface area contributed by atoms with E-state index < -0.39 is 4.92 Å². The minimum atomic E-state index is -0.546. The first-order valence-electron chi connectivity index (χ1n) is 8.52. The largest absolute Gasteiger partial charge is 0.434 e. The summed E-state index contributed by atoms with van der Waals surface area (Å²) in [6.07, 6.45) is 1.24. The summed E-state index contributed by atoms with van der Waals surface area (Å²) in [5.74, 6) is 0.424. The van der Waals surface area contributed by atoms with E-state index in [1.807, 2.05) is 6.92 Å². The summed E-state index contributed by atoms with van der Waals surface area (Å²) < 4.78 is 10.9. The van der Waals surface area contributed by atoms with Gasteiger partial charge in [0, 0.05) is 31.2 Å². The lowest BCUT2D eigenvalue weighted by Crippen LogP contribution is -2.39. The molecule has 1 N–H and O–H groups in total. The molecule has 3 rings (SSSR count). The minimum absolute atomic E-state index is 0.120. The number of anilines is 1. The molecule has 0 saturated carbocycles. The van der Waals surface area contributed by atoms with Crippen molar-refractivity contribution in [2.75, 3.05) is 44.7 Å². The molecule has 10 heteroatoms. The van der Waals surface area contributed by atoms with Crippen molar-refractivity contribution < 1.29 is 14.4 Å². The van der Waals surface area contributed by atoms with Crippen molar-refractivity contribution in [3.8, 4) is 11.6 Å². The zero-order chi connectivity index (χ0) is 19.2. The van der Waals surface area contributed by atoms with Crippen molar-refractivity contribution in [1.82, 2.24) is 14.9 Å². The number of benzene rings is 1. The molecule has 1 fully saturated rings. The first-order valence-corrected chi connectivity index (χ1v) is 8.90. The molecule has 1 aromatic heterocycles. The molecule has 1 aromatic carbocycles. The number of nitrogens with zero attached hydrogens (tertiary/aromatic N) is 4. The number of ether oxygens (including phenoxy) is 2. The van der Waals surface area contributed by atoms with Gasteiger partial charge in [-0.2, -0.15) is 4.98 Å². The van der Waals surface area contributed by atoms with Crippen molar-refractivity contribution in [3.05, 3.63) is 45.2 Å². The fourth-order valence-electron chi connectivity index (χ4n) is 2.68. The van der Waals surface area contributed by atoms with Crippen LogP contribution in [0.25, 0.3) is 0 Å².